The molecule has 6 heteroatoms. The summed E-state index contributed by atoms with van der Waals surface area (Å²) in [5.74, 6) is -0.0679. The van der Waals surface area contributed by atoms with Crippen molar-refractivity contribution in [2.24, 2.45) is 0 Å². The monoisotopic (exact) mass is 421 g/mol. The smallest absolute Gasteiger partial charge is 0.254 e. The summed E-state index contributed by atoms with van der Waals surface area (Å²) in [6.07, 6.45) is 1.54. The molecule has 0 saturated heterocycles. The third-order valence-electron chi connectivity index (χ3n) is 3.72. The van der Waals surface area contributed by atoms with Crippen LogP contribution in [0.1, 0.15) is 21.7 Å². The molecule has 0 radical (unpaired) electrons. The second kappa shape index (κ2) is 7.85. The standard InChI is InChI=1S/C19H14BrClFNO2/c20-14-8-6-13(7-9-14)19(24)23(11-15-3-2-10-25-15)12-16-17(21)4-1-5-18(16)22/h1-10H,11-12H2. The van der Waals surface area contributed by atoms with Crippen LogP contribution in [0, 0.1) is 5.82 Å². The lowest BCUT2D eigenvalue weighted by atomic mass is 10.1. The van der Waals surface area contributed by atoms with E-state index in [0.29, 0.717) is 11.3 Å². The number of carbonyl (C=O) groups is 1. The lowest BCUT2D eigenvalue weighted by Gasteiger charge is -2.23. The highest BCUT2D eigenvalue weighted by Gasteiger charge is 2.20. The van der Waals surface area contributed by atoms with Gasteiger partial charge in [-0.05, 0) is 48.5 Å². The number of hydrogen-bond donors (Lipinski definition) is 0. The van der Waals surface area contributed by atoms with E-state index >= 15 is 0 Å². The van der Waals surface area contributed by atoms with Crippen LogP contribution in [-0.4, -0.2) is 10.8 Å². The molecule has 1 heterocycles. The average Bonchev–Trinajstić information content (AvgIpc) is 3.10. The highest BCUT2D eigenvalue weighted by molar-refractivity contribution is 9.10. The van der Waals surface area contributed by atoms with Crippen LogP contribution in [-0.2, 0) is 13.1 Å². The Balaban J connectivity index is 1.92. The molecule has 1 amide bonds. The fourth-order valence-electron chi connectivity index (χ4n) is 2.44. The molecule has 1 aromatic heterocycles. The van der Waals surface area contributed by atoms with Gasteiger partial charge in [-0.1, -0.05) is 33.6 Å². The minimum atomic E-state index is -0.444. The van der Waals surface area contributed by atoms with Crippen molar-refractivity contribution in [3.05, 3.63) is 93.1 Å². The van der Waals surface area contributed by atoms with Crippen LogP contribution in [0.5, 0.6) is 0 Å². The Kier molecular flexibility index (Phi) is 5.56. The number of hydrogen-bond acceptors (Lipinski definition) is 2. The molecule has 3 aromatic rings. The van der Waals surface area contributed by atoms with Crippen LogP contribution < -0.4 is 0 Å². The zero-order valence-corrected chi connectivity index (χ0v) is 15.4. The molecule has 25 heavy (non-hydrogen) atoms. The van der Waals surface area contributed by atoms with Gasteiger partial charge in [0.2, 0.25) is 0 Å². The van der Waals surface area contributed by atoms with Crippen molar-refractivity contribution < 1.29 is 13.6 Å². The molecule has 0 aliphatic heterocycles. The first kappa shape index (κ1) is 17.7. The normalized spacial score (nSPS) is 10.7. The molecule has 0 N–H and O–H groups in total. The van der Waals surface area contributed by atoms with E-state index in [1.54, 1.807) is 42.5 Å². The van der Waals surface area contributed by atoms with Crippen molar-refractivity contribution >= 4 is 33.4 Å². The van der Waals surface area contributed by atoms with Crippen LogP contribution in [0.4, 0.5) is 4.39 Å². The summed E-state index contributed by atoms with van der Waals surface area (Å²) in [4.78, 5) is 14.4. The predicted octanol–water partition coefficient (Wildman–Crippen LogP) is 5.68. The summed E-state index contributed by atoms with van der Waals surface area (Å²) in [5.41, 5.74) is 0.781. The molecular formula is C19H14BrClFNO2. The van der Waals surface area contributed by atoms with Gasteiger partial charge < -0.3 is 9.32 Å². The number of amides is 1. The van der Waals surface area contributed by atoms with E-state index in [2.05, 4.69) is 15.9 Å². The van der Waals surface area contributed by atoms with Crippen molar-refractivity contribution in [3.63, 3.8) is 0 Å². The number of halogens is 3. The molecule has 3 rings (SSSR count). The summed E-state index contributed by atoms with van der Waals surface area (Å²) in [5, 5.41) is 0.285. The molecule has 0 aliphatic carbocycles. The zero-order chi connectivity index (χ0) is 17.8. The van der Waals surface area contributed by atoms with Crippen LogP contribution in [0.25, 0.3) is 0 Å². The third-order valence-corrected chi connectivity index (χ3v) is 4.60. The Bertz CT molecular complexity index is 845. The lowest BCUT2D eigenvalue weighted by molar-refractivity contribution is 0.0716. The van der Waals surface area contributed by atoms with Gasteiger partial charge in [0.1, 0.15) is 11.6 Å². The van der Waals surface area contributed by atoms with Crippen LogP contribution >= 0.6 is 27.5 Å². The lowest BCUT2D eigenvalue weighted by Crippen LogP contribution is -2.30. The second-order valence-corrected chi connectivity index (χ2v) is 6.77. The summed E-state index contributed by atoms with van der Waals surface area (Å²) >= 11 is 9.47. The Morgan fingerprint density at radius 1 is 1.08 bits per heavy atom. The first-order chi connectivity index (χ1) is 12.0. The number of benzene rings is 2. The number of nitrogens with zero attached hydrogens (tertiary/aromatic N) is 1. The van der Waals surface area contributed by atoms with Gasteiger partial charge in [0.05, 0.1) is 19.4 Å². The largest absolute Gasteiger partial charge is 0.467 e. The van der Waals surface area contributed by atoms with E-state index in [-0.39, 0.29) is 29.6 Å². The molecule has 2 aromatic carbocycles. The fraction of sp³-hybridized carbons (Fsp3) is 0.105. The van der Waals surface area contributed by atoms with E-state index in [1.807, 2.05) is 0 Å². The van der Waals surface area contributed by atoms with Gasteiger partial charge >= 0.3 is 0 Å². The van der Waals surface area contributed by atoms with E-state index in [0.717, 1.165) is 4.47 Å². The van der Waals surface area contributed by atoms with Gasteiger partial charge in [-0.25, -0.2) is 4.39 Å². The SMILES string of the molecule is O=C(c1ccc(Br)cc1)N(Cc1ccco1)Cc1c(F)cccc1Cl. The zero-order valence-electron chi connectivity index (χ0n) is 13.1. The highest BCUT2D eigenvalue weighted by atomic mass is 79.9. The van der Waals surface area contributed by atoms with Crippen molar-refractivity contribution in [1.82, 2.24) is 4.90 Å². The molecule has 0 aliphatic rings. The molecule has 128 valence electrons. The Morgan fingerprint density at radius 3 is 2.48 bits per heavy atom. The first-order valence-corrected chi connectivity index (χ1v) is 8.72. The topological polar surface area (TPSA) is 33.5 Å². The van der Waals surface area contributed by atoms with Gasteiger partial charge in [-0.15, -0.1) is 0 Å². The number of furan rings is 1. The van der Waals surface area contributed by atoms with Gasteiger partial charge in [-0.2, -0.15) is 0 Å². The summed E-state index contributed by atoms with van der Waals surface area (Å²) in [7, 11) is 0. The first-order valence-electron chi connectivity index (χ1n) is 7.54. The third kappa shape index (κ3) is 4.30. The Hall–Kier alpha value is -2.11. The average molecular weight is 423 g/mol. The molecule has 0 bridgehead atoms. The van der Waals surface area contributed by atoms with E-state index < -0.39 is 5.82 Å². The Morgan fingerprint density at radius 2 is 1.84 bits per heavy atom. The van der Waals surface area contributed by atoms with Gasteiger partial charge in [0, 0.05) is 20.6 Å². The molecule has 0 spiro atoms. The van der Waals surface area contributed by atoms with Crippen LogP contribution in [0.2, 0.25) is 5.02 Å². The minimum absolute atomic E-state index is 0.0428. The maximum Gasteiger partial charge on any atom is 0.254 e. The Labute approximate surface area is 158 Å². The van der Waals surface area contributed by atoms with Crippen molar-refractivity contribution in [2.45, 2.75) is 13.1 Å². The molecule has 0 atom stereocenters. The highest BCUT2D eigenvalue weighted by Crippen LogP contribution is 2.23. The van der Waals surface area contributed by atoms with Crippen molar-refractivity contribution in [3.8, 4) is 0 Å². The summed E-state index contributed by atoms with van der Waals surface area (Å²) < 4.78 is 20.4. The maximum atomic E-state index is 14.2. The summed E-state index contributed by atoms with van der Waals surface area (Å²) in [6, 6.07) is 15.0. The molecule has 0 fully saturated rings. The van der Waals surface area contributed by atoms with Gasteiger partial charge in [0.15, 0.2) is 0 Å². The van der Waals surface area contributed by atoms with E-state index in [4.69, 9.17) is 16.0 Å². The van der Waals surface area contributed by atoms with Gasteiger partial charge in [0.25, 0.3) is 5.91 Å². The quantitative estimate of drug-likeness (QED) is 0.530. The number of rotatable bonds is 5. The molecular weight excluding hydrogens is 409 g/mol. The number of carbonyl (C=O) groups excluding carboxylic acids is 1. The van der Waals surface area contributed by atoms with Crippen LogP contribution in [0.3, 0.4) is 0 Å². The molecule has 0 saturated carbocycles. The van der Waals surface area contributed by atoms with Gasteiger partial charge in [-0.3, -0.25) is 4.79 Å². The van der Waals surface area contributed by atoms with Crippen LogP contribution in [0.15, 0.2) is 69.8 Å². The minimum Gasteiger partial charge on any atom is -0.467 e. The van der Waals surface area contributed by atoms with E-state index in [9.17, 15) is 9.18 Å². The molecule has 0 unspecified atom stereocenters. The van der Waals surface area contributed by atoms with Crippen molar-refractivity contribution in [2.75, 3.05) is 0 Å². The second-order valence-electron chi connectivity index (χ2n) is 5.45. The van der Waals surface area contributed by atoms with Crippen molar-refractivity contribution in [1.29, 1.82) is 0 Å². The predicted molar refractivity (Wildman–Crippen MR) is 97.8 cm³/mol. The van der Waals surface area contributed by atoms with E-state index in [1.165, 1.54) is 23.3 Å². The molecule has 3 nitrogen and oxygen atoms in total. The summed E-state index contributed by atoms with van der Waals surface area (Å²) in [6.45, 7) is 0.258. The fourth-order valence-corrected chi connectivity index (χ4v) is 2.93. The maximum absolute atomic E-state index is 14.2.